The Bertz CT molecular complexity index is 708. The van der Waals surface area contributed by atoms with E-state index in [2.05, 4.69) is 57.3 Å². The molecule has 3 rings (SSSR count). The summed E-state index contributed by atoms with van der Waals surface area (Å²) in [5, 5.41) is 3.37. The quantitative estimate of drug-likeness (QED) is 0.501. The molecule has 2 heterocycles. The van der Waals surface area contributed by atoms with Gasteiger partial charge in [-0.25, -0.2) is 4.98 Å². The Morgan fingerprint density at radius 2 is 2.26 bits per heavy atom. The summed E-state index contributed by atoms with van der Waals surface area (Å²) in [7, 11) is 0. The van der Waals surface area contributed by atoms with Crippen LogP contribution in [0.1, 0.15) is 5.76 Å². The van der Waals surface area contributed by atoms with Crippen molar-refractivity contribution in [3.05, 3.63) is 39.9 Å². The average Bonchev–Trinajstić information content (AvgIpc) is 3.01. The van der Waals surface area contributed by atoms with Gasteiger partial charge >= 0.3 is 0 Å². The van der Waals surface area contributed by atoms with Crippen LogP contribution in [0.25, 0.3) is 10.2 Å². The highest BCUT2D eigenvalue weighted by Gasteiger charge is 2.04. The van der Waals surface area contributed by atoms with E-state index in [0.717, 1.165) is 25.1 Å². The standard InChI is InChI=1S/C13H11IN2OS2/c1-18-13-16-10-4-2-8(6-11(10)19-13)15-7-9-3-5-12(14)17-9/h2-6,15H,7H2,1H3. The summed E-state index contributed by atoms with van der Waals surface area (Å²) in [6.45, 7) is 0.697. The first-order chi connectivity index (χ1) is 9.24. The number of halogens is 1. The fraction of sp³-hybridized carbons (Fsp3) is 0.154. The highest BCUT2D eigenvalue weighted by molar-refractivity contribution is 14.1. The number of benzene rings is 1. The molecular weight excluding hydrogens is 391 g/mol. The van der Waals surface area contributed by atoms with Crippen LogP contribution in [0.15, 0.2) is 39.1 Å². The maximum absolute atomic E-state index is 5.53. The number of furan rings is 1. The zero-order chi connectivity index (χ0) is 13.2. The molecule has 1 N–H and O–H groups in total. The van der Waals surface area contributed by atoms with Crippen LogP contribution >= 0.6 is 45.7 Å². The van der Waals surface area contributed by atoms with Crippen molar-refractivity contribution in [1.29, 1.82) is 0 Å². The normalized spacial score (nSPS) is 11.1. The number of nitrogens with zero attached hydrogens (tertiary/aromatic N) is 1. The van der Waals surface area contributed by atoms with Gasteiger partial charge in [0.05, 0.1) is 16.8 Å². The summed E-state index contributed by atoms with van der Waals surface area (Å²) in [6, 6.07) is 10.2. The van der Waals surface area contributed by atoms with Crippen LogP contribution in [-0.2, 0) is 6.54 Å². The Balaban J connectivity index is 1.77. The molecule has 0 saturated heterocycles. The third kappa shape index (κ3) is 3.06. The van der Waals surface area contributed by atoms with Gasteiger partial charge in [-0.3, -0.25) is 0 Å². The van der Waals surface area contributed by atoms with E-state index in [1.807, 2.05) is 12.1 Å². The topological polar surface area (TPSA) is 38.1 Å². The number of hydrogen-bond donors (Lipinski definition) is 1. The molecule has 1 aromatic carbocycles. The van der Waals surface area contributed by atoms with Gasteiger partial charge in [-0.15, -0.1) is 11.3 Å². The van der Waals surface area contributed by atoms with Crippen molar-refractivity contribution in [3.8, 4) is 0 Å². The van der Waals surface area contributed by atoms with Crippen molar-refractivity contribution in [1.82, 2.24) is 4.98 Å². The van der Waals surface area contributed by atoms with Crippen LogP contribution in [0, 0.1) is 3.77 Å². The molecule has 6 heteroatoms. The molecule has 0 aliphatic heterocycles. The van der Waals surface area contributed by atoms with Gasteiger partial charge in [0.2, 0.25) is 0 Å². The van der Waals surface area contributed by atoms with E-state index in [1.54, 1.807) is 23.1 Å². The van der Waals surface area contributed by atoms with Gasteiger partial charge in [-0.1, -0.05) is 11.8 Å². The number of nitrogens with one attached hydrogen (secondary N) is 1. The van der Waals surface area contributed by atoms with Crippen LogP contribution in [0.2, 0.25) is 0 Å². The third-order valence-corrected chi connectivity index (χ3v) is 5.22. The predicted octanol–water partition coefficient (Wildman–Crippen LogP) is 4.83. The fourth-order valence-corrected chi connectivity index (χ4v) is 3.73. The predicted molar refractivity (Wildman–Crippen MR) is 90.2 cm³/mol. The third-order valence-electron chi connectivity index (χ3n) is 2.64. The molecule has 0 spiro atoms. The second-order valence-corrected chi connectivity index (χ2v) is 7.07. The van der Waals surface area contributed by atoms with E-state index < -0.39 is 0 Å². The lowest BCUT2D eigenvalue weighted by molar-refractivity contribution is 0.493. The molecule has 0 fully saturated rings. The van der Waals surface area contributed by atoms with Gasteiger partial charge in [0.25, 0.3) is 0 Å². The Morgan fingerprint density at radius 1 is 1.37 bits per heavy atom. The largest absolute Gasteiger partial charge is 0.454 e. The van der Waals surface area contributed by atoms with E-state index in [0.29, 0.717) is 6.54 Å². The van der Waals surface area contributed by atoms with Gasteiger partial charge in [0.1, 0.15) is 5.76 Å². The Hall–Kier alpha value is -0.730. The van der Waals surface area contributed by atoms with E-state index >= 15 is 0 Å². The number of rotatable bonds is 4. The van der Waals surface area contributed by atoms with Crippen LogP contribution in [-0.4, -0.2) is 11.2 Å². The first kappa shape index (κ1) is 13.3. The molecule has 98 valence electrons. The molecule has 0 aliphatic carbocycles. The maximum Gasteiger partial charge on any atom is 0.164 e. The zero-order valence-electron chi connectivity index (χ0n) is 10.1. The average molecular weight is 402 g/mol. The molecule has 0 atom stereocenters. The van der Waals surface area contributed by atoms with Crippen LogP contribution in [0.5, 0.6) is 0 Å². The lowest BCUT2D eigenvalue weighted by Gasteiger charge is -2.03. The van der Waals surface area contributed by atoms with Crippen molar-refractivity contribution in [2.75, 3.05) is 11.6 Å². The second-order valence-electron chi connectivity index (χ2n) is 3.93. The maximum atomic E-state index is 5.53. The lowest BCUT2D eigenvalue weighted by Crippen LogP contribution is -1.97. The van der Waals surface area contributed by atoms with Gasteiger partial charge in [-0.2, -0.15) is 0 Å². The highest BCUT2D eigenvalue weighted by atomic mass is 127. The Labute approximate surface area is 132 Å². The van der Waals surface area contributed by atoms with Gasteiger partial charge < -0.3 is 9.73 Å². The lowest BCUT2D eigenvalue weighted by atomic mass is 10.3. The second kappa shape index (κ2) is 5.72. The smallest absolute Gasteiger partial charge is 0.164 e. The van der Waals surface area contributed by atoms with Crippen molar-refractivity contribution >= 4 is 61.6 Å². The number of thiazole rings is 1. The first-order valence-corrected chi connectivity index (χ1v) is 8.79. The molecule has 2 aromatic heterocycles. The number of anilines is 1. The minimum absolute atomic E-state index is 0.697. The molecule has 3 nitrogen and oxygen atoms in total. The van der Waals surface area contributed by atoms with Crippen molar-refractivity contribution in [2.24, 2.45) is 0 Å². The van der Waals surface area contributed by atoms with E-state index in [4.69, 9.17) is 4.42 Å². The number of aromatic nitrogens is 1. The molecule has 0 amide bonds. The molecule has 3 aromatic rings. The number of thioether (sulfide) groups is 1. The minimum Gasteiger partial charge on any atom is -0.454 e. The fourth-order valence-electron chi connectivity index (χ4n) is 1.74. The van der Waals surface area contributed by atoms with Crippen molar-refractivity contribution < 1.29 is 4.42 Å². The number of fused-ring (bicyclic) bond motifs is 1. The minimum atomic E-state index is 0.697. The van der Waals surface area contributed by atoms with E-state index in [1.165, 1.54) is 4.70 Å². The van der Waals surface area contributed by atoms with Crippen molar-refractivity contribution in [2.45, 2.75) is 10.9 Å². The van der Waals surface area contributed by atoms with Crippen LogP contribution < -0.4 is 5.32 Å². The first-order valence-electron chi connectivity index (χ1n) is 5.67. The Kier molecular flexibility index (Phi) is 3.99. The molecule has 0 aliphatic rings. The summed E-state index contributed by atoms with van der Waals surface area (Å²) in [5.74, 6) is 0.943. The van der Waals surface area contributed by atoms with Gasteiger partial charge in [-0.05, 0) is 59.2 Å². The van der Waals surface area contributed by atoms with Crippen LogP contribution in [0.4, 0.5) is 5.69 Å². The monoisotopic (exact) mass is 402 g/mol. The molecule has 0 unspecified atom stereocenters. The summed E-state index contributed by atoms with van der Waals surface area (Å²) in [6.07, 6.45) is 2.05. The number of hydrogen-bond acceptors (Lipinski definition) is 5. The van der Waals surface area contributed by atoms with Crippen LogP contribution in [0.3, 0.4) is 0 Å². The molecular formula is C13H11IN2OS2. The molecule has 0 radical (unpaired) electrons. The van der Waals surface area contributed by atoms with E-state index in [9.17, 15) is 0 Å². The summed E-state index contributed by atoms with van der Waals surface area (Å²) >= 11 is 5.58. The van der Waals surface area contributed by atoms with Gasteiger partial charge in [0, 0.05) is 5.69 Å². The van der Waals surface area contributed by atoms with Crippen molar-refractivity contribution in [3.63, 3.8) is 0 Å². The Morgan fingerprint density at radius 3 is 3.00 bits per heavy atom. The highest BCUT2D eigenvalue weighted by Crippen LogP contribution is 2.30. The molecule has 0 saturated carbocycles. The summed E-state index contributed by atoms with van der Waals surface area (Å²) in [5.41, 5.74) is 2.16. The van der Waals surface area contributed by atoms with Gasteiger partial charge in [0.15, 0.2) is 8.11 Å². The van der Waals surface area contributed by atoms with E-state index in [-0.39, 0.29) is 0 Å². The zero-order valence-corrected chi connectivity index (χ0v) is 13.9. The SMILES string of the molecule is CSc1nc2ccc(NCc3ccc(I)o3)cc2s1. The summed E-state index contributed by atoms with van der Waals surface area (Å²) < 4.78 is 8.75. The summed E-state index contributed by atoms with van der Waals surface area (Å²) in [4.78, 5) is 4.53. The molecule has 0 bridgehead atoms. The molecule has 19 heavy (non-hydrogen) atoms.